The Morgan fingerprint density at radius 3 is 2.79 bits per heavy atom. The van der Waals surface area contributed by atoms with Crippen molar-refractivity contribution in [2.75, 3.05) is 13.7 Å². The van der Waals surface area contributed by atoms with Crippen LogP contribution in [0.2, 0.25) is 5.02 Å². The largest absolute Gasteiger partial charge is 0.497 e. The van der Waals surface area contributed by atoms with Gasteiger partial charge in [0.25, 0.3) is 0 Å². The van der Waals surface area contributed by atoms with Crippen LogP contribution in [0.4, 0.5) is 0 Å². The van der Waals surface area contributed by atoms with E-state index in [0.717, 1.165) is 30.2 Å². The molecule has 1 aliphatic rings. The highest BCUT2D eigenvalue weighted by Crippen LogP contribution is 2.42. The van der Waals surface area contributed by atoms with Crippen molar-refractivity contribution in [2.45, 2.75) is 46.1 Å². The monoisotopic (exact) mass is 281 g/mol. The van der Waals surface area contributed by atoms with E-state index in [-0.39, 0.29) is 0 Å². The Labute approximate surface area is 121 Å². The molecule has 3 heteroatoms. The fraction of sp³-hybridized carbons (Fsp3) is 0.625. The van der Waals surface area contributed by atoms with Crippen molar-refractivity contribution in [3.63, 3.8) is 0 Å². The third-order valence-corrected chi connectivity index (χ3v) is 4.41. The summed E-state index contributed by atoms with van der Waals surface area (Å²) in [5.41, 5.74) is 2.94. The van der Waals surface area contributed by atoms with Crippen molar-refractivity contribution in [3.8, 4) is 5.75 Å². The van der Waals surface area contributed by atoms with Crippen molar-refractivity contribution >= 4 is 11.6 Å². The first-order valence-corrected chi connectivity index (χ1v) is 7.44. The molecule has 0 saturated heterocycles. The summed E-state index contributed by atoms with van der Waals surface area (Å²) in [5.74, 6) is 0.853. The van der Waals surface area contributed by atoms with Crippen LogP contribution in [0.3, 0.4) is 0 Å². The number of ether oxygens (including phenoxy) is 1. The number of halogens is 1. The number of hydrogen-bond donors (Lipinski definition) is 1. The van der Waals surface area contributed by atoms with E-state index in [1.54, 1.807) is 7.11 Å². The van der Waals surface area contributed by atoms with Gasteiger partial charge in [-0.1, -0.05) is 32.4 Å². The Bertz CT molecular complexity index is 456. The molecule has 2 nitrogen and oxygen atoms in total. The third kappa shape index (κ3) is 3.24. The molecule has 1 atom stereocenters. The Morgan fingerprint density at radius 1 is 1.42 bits per heavy atom. The van der Waals surface area contributed by atoms with Gasteiger partial charge in [-0.15, -0.1) is 0 Å². The summed E-state index contributed by atoms with van der Waals surface area (Å²) in [6.45, 7) is 7.80. The predicted molar refractivity (Wildman–Crippen MR) is 81.1 cm³/mol. The van der Waals surface area contributed by atoms with E-state index >= 15 is 0 Å². The molecule has 1 aromatic carbocycles. The molecular formula is C16H24ClNO. The standard InChI is InChI=1S/C16H24ClNO/c1-5-18-15-10-16(2,3)7-6-12-13(15)8-11(19-4)9-14(12)17/h8-9,15,18H,5-7,10H2,1-4H3. The second-order valence-electron chi connectivity index (χ2n) is 6.16. The number of methoxy groups -OCH3 is 1. The Balaban J connectivity index is 2.47. The molecule has 1 aromatic rings. The Morgan fingerprint density at radius 2 is 2.16 bits per heavy atom. The summed E-state index contributed by atoms with van der Waals surface area (Å²) < 4.78 is 5.37. The molecule has 0 aliphatic heterocycles. The molecular weight excluding hydrogens is 258 g/mol. The molecule has 2 rings (SSSR count). The number of nitrogens with one attached hydrogen (secondary N) is 1. The van der Waals surface area contributed by atoms with Gasteiger partial charge in [0.15, 0.2) is 0 Å². The van der Waals surface area contributed by atoms with Crippen LogP contribution >= 0.6 is 11.6 Å². The van der Waals surface area contributed by atoms with Crippen molar-refractivity contribution in [3.05, 3.63) is 28.3 Å². The number of fused-ring (bicyclic) bond motifs is 1. The van der Waals surface area contributed by atoms with Crippen molar-refractivity contribution in [1.82, 2.24) is 5.32 Å². The van der Waals surface area contributed by atoms with Gasteiger partial charge < -0.3 is 10.1 Å². The first-order valence-electron chi connectivity index (χ1n) is 7.06. The first-order chi connectivity index (χ1) is 8.96. The SMILES string of the molecule is CCNC1CC(C)(C)CCc2c(Cl)cc(OC)cc21. The van der Waals surface area contributed by atoms with Gasteiger partial charge in [0.1, 0.15) is 5.75 Å². The quantitative estimate of drug-likeness (QED) is 0.831. The summed E-state index contributed by atoms with van der Waals surface area (Å²) >= 11 is 6.45. The lowest BCUT2D eigenvalue weighted by Crippen LogP contribution is -2.25. The van der Waals surface area contributed by atoms with Gasteiger partial charge in [-0.05, 0) is 54.5 Å². The van der Waals surface area contributed by atoms with E-state index < -0.39 is 0 Å². The molecule has 1 aliphatic carbocycles. The van der Waals surface area contributed by atoms with Gasteiger partial charge in [-0.25, -0.2) is 0 Å². The van der Waals surface area contributed by atoms with Crippen molar-refractivity contribution in [1.29, 1.82) is 0 Å². The highest BCUT2D eigenvalue weighted by molar-refractivity contribution is 6.31. The molecule has 1 unspecified atom stereocenters. The fourth-order valence-corrected chi connectivity index (χ4v) is 3.29. The summed E-state index contributed by atoms with van der Waals surface area (Å²) in [4.78, 5) is 0. The second-order valence-corrected chi connectivity index (χ2v) is 6.56. The highest BCUT2D eigenvalue weighted by atomic mass is 35.5. The van der Waals surface area contributed by atoms with Crippen LogP contribution in [0.25, 0.3) is 0 Å². The molecule has 0 saturated carbocycles. The molecule has 0 fully saturated rings. The maximum atomic E-state index is 6.45. The van der Waals surface area contributed by atoms with Crippen LogP contribution < -0.4 is 10.1 Å². The molecule has 1 N–H and O–H groups in total. The van der Waals surface area contributed by atoms with Crippen LogP contribution in [0, 0.1) is 5.41 Å². The minimum absolute atomic E-state index is 0.336. The third-order valence-electron chi connectivity index (χ3n) is 4.07. The smallest absolute Gasteiger partial charge is 0.120 e. The van der Waals surface area contributed by atoms with Gasteiger partial charge in [0.05, 0.1) is 7.11 Å². The molecule has 0 radical (unpaired) electrons. The van der Waals surface area contributed by atoms with Crippen LogP contribution in [-0.2, 0) is 6.42 Å². The average molecular weight is 282 g/mol. The van der Waals surface area contributed by atoms with Gasteiger partial charge in [0, 0.05) is 11.1 Å². The summed E-state index contributed by atoms with van der Waals surface area (Å²) in [7, 11) is 1.70. The average Bonchev–Trinajstić information content (AvgIpc) is 2.47. The Hall–Kier alpha value is -0.730. The molecule has 0 amide bonds. The van der Waals surface area contributed by atoms with Gasteiger partial charge in [-0.3, -0.25) is 0 Å². The zero-order chi connectivity index (χ0) is 14.0. The summed E-state index contributed by atoms with van der Waals surface area (Å²) in [6.07, 6.45) is 3.36. The van der Waals surface area contributed by atoms with E-state index in [9.17, 15) is 0 Å². The van der Waals surface area contributed by atoms with Gasteiger partial charge in [0.2, 0.25) is 0 Å². The van der Waals surface area contributed by atoms with E-state index in [1.165, 1.54) is 17.5 Å². The zero-order valence-corrected chi connectivity index (χ0v) is 13.1. The van der Waals surface area contributed by atoms with Gasteiger partial charge >= 0.3 is 0 Å². The summed E-state index contributed by atoms with van der Waals surface area (Å²) in [5, 5.41) is 4.44. The molecule has 106 valence electrons. The maximum Gasteiger partial charge on any atom is 0.120 e. The first kappa shape index (κ1) is 14.7. The number of hydrogen-bond acceptors (Lipinski definition) is 2. The van der Waals surface area contributed by atoms with E-state index in [2.05, 4.69) is 32.2 Å². The maximum absolute atomic E-state index is 6.45. The lowest BCUT2D eigenvalue weighted by atomic mass is 9.83. The van der Waals surface area contributed by atoms with E-state index in [4.69, 9.17) is 16.3 Å². The number of rotatable bonds is 3. The van der Waals surface area contributed by atoms with Crippen LogP contribution in [0.15, 0.2) is 12.1 Å². The van der Waals surface area contributed by atoms with E-state index in [0.29, 0.717) is 11.5 Å². The second kappa shape index (κ2) is 5.72. The minimum Gasteiger partial charge on any atom is -0.497 e. The van der Waals surface area contributed by atoms with Crippen molar-refractivity contribution < 1.29 is 4.74 Å². The molecule has 0 heterocycles. The Kier molecular flexibility index (Phi) is 4.42. The van der Waals surface area contributed by atoms with Crippen LogP contribution in [-0.4, -0.2) is 13.7 Å². The van der Waals surface area contributed by atoms with Crippen LogP contribution in [0.5, 0.6) is 5.75 Å². The van der Waals surface area contributed by atoms with Gasteiger partial charge in [-0.2, -0.15) is 0 Å². The predicted octanol–water partition coefficient (Wildman–Crippen LogP) is 4.36. The topological polar surface area (TPSA) is 21.3 Å². The fourth-order valence-electron chi connectivity index (χ4n) is 2.98. The highest BCUT2D eigenvalue weighted by Gasteiger charge is 2.30. The molecule has 0 spiro atoms. The minimum atomic E-state index is 0.336. The van der Waals surface area contributed by atoms with E-state index in [1.807, 2.05) is 6.07 Å². The lowest BCUT2D eigenvalue weighted by Gasteiger charge is -2.27. The number of benzene rings is 1. The summed E-state index contributed by atoms with van der Waals surface area (Å²) in [6, 6.07) is 4.45. The molecule has 0 aromatic heterocycles. The van der Waals surface area contributed by atoms with Crippen molar-refractivity contribution in [2.24, 2.45) is 5.41 Å². The molecule has 19 heavy (non-hydrogen) atoms. The zero-order valence-electron chi connectivity index (χ0n) is 12.3. The molecule has 0 bridgehead atoms. The normalized spacial score (nSPS) is 21.6. The lowest BCUT2D eigenvalue weighted by molar-refractivity contribution is 0.275. The van der Waals surface area contributed by atoms with Crippen LogP contribution in [0.1, 0.15) is 50.8 Å².